The van der Waals surface area contributed by atoms with E-state index in [0.29, 0.717) is 38.4 Å². The van der Waals surface area contributed by atoms with E-state index >= 15 is 0 Å². The second kappa shape index (κ2) is 10.7. The van der Waals surface area contributed by atoms with Gasteiger partial charge in [-0.2, -0.15) is 0 Å². The van der Waals surface area contributed by atoms with Crippen LogP contribution in [0.2, 0.25) is 0 Å². The van der Waals surface area contributed by atoms with Gasteiger partial charge in [-0.25, -0.2) is 0 Å². The molecule has 1 N–H and O–H groups in total. The number of pyridine rings is 2. The van der Waals surface area contributed by atoms with E-state index in [2.05, 4.69) is 33.5 Å². The van der Waals surface area contributed by atoms with Gasteiger partial charge in [0.15, 0.2) is 0 Å². The molecule has 1 saturated heterocycles. The number of hydrogen-bond donors (Lipinski definition) is 1. The minimum Gasteiger partial charge on any atom is -0.379 e. The molecule has 1 amide bonds. The quantitative estimate of drug-likeness (QED) is 0.439. The summed E-state index contributed by atoms with van der Waals surface area (Å²) < 4.78 is 5.91. The highest BCUT2D eigenvalue weighted by molar-refractivity contribution is 5.95. The van der Waals surface area contributed by atoms with Gasteiger partial charge in [-0.3, -0.25) is 14.8 Å². The molecule has 0 unspecified atom stereocenters. The van der Waals surface area contributed by atoms with Gasteiger partial charge in [0.05, 0.1) is 25.5 Å². The highest BCUT2D eigenvalue weighted by Gasteiger charge is 2.24. The summed E-state index contributed by atoms with van der Waals surface area (Å²) in [6.45, 7) is 5.11. The second-order valence-corrected chi connectivity index (χ2v) is 9.11. The predicted molar refractivity (Wildman–Crippen MR) is 138 cm³/mol. The smallest absolute Gasteiger partial charge is 0.254 e. The molecule has 178 valence electrons. The summed E-state index contributed by atoms with van der Waals surface area (Å²) >= 11 is 0. The van der Waals surface area contributed by atoms with Crippen molar-refractivity contribution in [3.8, 4) is 0 Å². The van der Waals surface area contributed by atoms with Gasteiger partial charge in [0.2, 0.25) is 0 Å². The molecule has 35 heavy (non-hydrogen) atoms. The van der Waals surface area contributed by atoms with E-state index in [1.54, 1.807) is 6.20 Å². The summed E-state index contributed by atoms with van der Waals surface area (Å²) in [5.41, 5.74) is 4.94. The fraction of sp³-hybridized carbons (Fsp3) is 0.276. The van der Waals surface area contributed by atoms with Crippen LogP contribution in [0, 0.1) is 12.8 Å². The van der Waals surface area contributed by atoms with Crippen LogP contribution in [0.25, 0.3) is 10.8 Å². The molecule has 0 radical (unpaired) electrons. The van der Waals surface area contributed by atoms with Crippen molar-refractivity contribution >= 4 is 22.4 Å². The maximum Gasteiger partial charge on any atom is 0.254 e. The van der Waals surface area contributed by atoms with Crippen molar-refractivity contribution in [2.24, 2.45) is 5.92 Å². The zero-order valence-electron chi connectivity index (χ0n) is 20.0. The molecule has 1 aliphatic heterocycles. The maximum absolute atomic E-state index is 13.5. The van der Waals surface area contributed by atoms with E-state index < -0.39 is 0 Å². The number of carbonyl (C=O) groups is 1. The van der Waals surface area contributed by atoms with Gasteiger partial charge < -0.3 is 15.0 Å². The number of fused-ring (bicyclic) bond motifs is 1. The summed E-state index contributed by atoms with van der Waals surface area (Å²) in [7, 11) is 0. The molecule has 0 aliphatic carbocycles. The third-order valence-corrected chi connectivity index (χ3v) is 6.58. The molecule has 1 aliphatic rings. The molecule has 6 heteroatoms. The van der Waals surface area contributed by atoms with Crippen molar-refractivity contribution in [3.63, 3.8) is 0 Å². The van der Waals surface area contributed by atoms with Crippen molar-refractivity contribution in [2.45, 2.75) is 19.9 Å². The number of amides is 1. The summed E-state index contributed by atoms with van der Waals surface area (Å²) in [4.78, 5) is 24.1. The third-order valence-electron chi connectivity index (χ3n) is 6.58. The summed E-state index contributed by atoms with van der Waals surface area (Å²) in [5, 5.41) is 5.79. The van der Waals surface area contributed by atoms with Crippen LogP contribution in [0.4, 0.5) is 5.69 Å². The molecule has 2 aromatic heterocycles. The number of carbonyl (C=O) groups excluding carboxylic acids is 1. The Labute approximate surface area is 206 Å². The molecule has 0 bridgehead atoms. The Hall–Kier alpha value is -3.77. The van der Waals surface area contributed by atoms with Crippen molar-refractivity contribution in [3.05, 3.63) is 102 Å². The lowest BCUT2D eigenvalue weighted by Crippen LogP contribution is -2.36. The number of aromatic nitrogens is 2. The topological polar surface area (TPSA) is 67.4 Å². The number of benzene rings is 2. The first kappa shape index (κ1) is 23.0. The van der Waals surface area contributed by atoms with Crippen molar-refractivity contribution < 1.29 is 9.53 Å². The van der Waals surface area contributed by atoms with Crippen LogP contribution in [0.3, 0.4) is 0 Å². The van der Waals surface area contributed by atoms with Crippen LogP contribution >= 0.6 is 0 Å². The molecule has 0 saturated carbocycles. The average Bonchev–Trinajstić information content (AvgIpc) is 3.14. The largest absolute Gasteiger partial charge is 0.379 e. The number of nitrogens with one attached hydrogen (secondary N) is 1. The van der Waals surface area contributed by atoms with Gasteiger partial charge in [-0.1, -0.05) is 30.3 Å². The van der Waals surface area contributed by atoms with Crippen LogP contribution in [-0.4, -0.2) is 47.1 Å². The van der Waals surface area contributed by atoms with E-state index in [9.17, 15) is 4.79 Å². The van der Waals surface area contributed by atoms with Crippen LogP contribution in [0.5, 0.6) is 0 Å². The molecule has 5 rings (SSSR count). The lowest BCUT2D eigenvalue weighted by Gasteiger charge is -2.24. The molecule has 2 aromatic carbocycles. The molecule has 1 fully saturated rings. The van der Waals surface area contributed by atoms with E-state index in [1.807, 2.05) is 66.7 Å². The number of ether oxygens (including phenoxy) is 1. The number of rotatable bonds is 6. The van der Waals surface area contributed by atoms with Gasteiger partial charge in [0.25, 0.3) is 5.91 Å². The third kappa shape index (κ3) is 5.49. The van der Waals surface area contributed by atoms with E-state index in [4.69, 9.17) is 4.74 Å². The SMILES string of the molecule is Cc1ccc(C(=O)N2CCOC[C@@H](Cc3cccc4ccncc34)C2)cc1NCc1ccccn1. The Morgan fingerprint density at radius 2 is 2.06 bits per heavy atom. The van der Waals surface area contributed by atoms with Crippen LogP contribution in [0.15, 0.2) is 79.3 Å². The first-order valence-electron chi connectivity index (χ1n) is 12.1. The van der Waals surface area contributed by atoms with E-state index in [1.165, 1.54) is 16.3 Å². The first-order chi connectivity index (χ1) is 17.2. The maximum atomic E-state index is 13.5. The normalized spacial score (nSPS) is 16.1. The molecule has 1 atom stereocenters. The predicted octanol–water partition coefficient (Wildman–Crippen LogP) is 4.88. The average molecular weight is 467 g/mol. The molecule has 0 spiro atoms. The van der Waals surface area contributed by atoms with Gasteiger partial charge in [0.1, 0.15) is 0 Å². The Bertz CT molecular complexity index is 1300. The molecular weight excluding hydrogens is 436 g/mol. The lowest BCUT2D eigenvalue weighted by molar-refractivity contribution is 0.0737. The highest BCUT2D eigenvalue weighted by Crippen LogP contribution is 2.24. The number of aryl methyl sites for hydroxylation is 1. The van der Waals surface area contributed by atoms with Crippen molar-refractivity contribution in [1.82, 2.24) is 14.9 Å². The highest BCUT2D eigenvalue weighted by atomic mass is 16.5. The number of nitrogens with zero attached hydrogens (tertiary/aromatic N) is 3. The van der Waals surface area contributed by atoms with Crippen LogP contribution < -0.4 is 5.32 Å². The van der Waals surface area contributed by atoms with E-state index in [-0.39, 0.29) is 11.8 Å². The number of hydrogen-bond acceptors (Lipinski definition) is 5. The van der Waals surface area contributed by atoms with Crippen LogP contribution in [-0.2, 0) is 17.7 Å². The van der Waals surface area contributed by atoms with Crippen molar-refractivity contribution in [2.75, 3.05) is 31.6 Å². The molecule has 4 aromatic rings. The first-order valence-corrected chi connectivity index (χ1v) is 12.1. The van der Waals surface area contributed by atoms with E-state index in [0.717, 1.165) is 23.4 Å². The summed E-state index contributed by atoms with van der Waals surface area (Å²) in [6.07, 6.45) is 6.38. The lowest BCUT2D eigenvalue weighted by atomic mass is 9.95. The van der Waals surface area contributed by atoms with Gasteiger partial charge >= 0.3 is 0 Å². The number of anilines is 1. The zero-order chi connectivity index (χ0) is 24.0. The van der Waals surface area contributed by atoms with Gasteiger partial charge in [-0.05, 0) is 60.2 Å². The minimum atomic E-state index is 0.0426. The van der Waals surface area contributed by atoms with Gasteiger partial charge in [0, 0.05) is 54.2 Å². The Kier molecular flexibility index (Phi) is 7.00. The molecule has 6 nitrogen and oxygen atoms in total. The standard InChI is InChI=1S/C29H30N4O2/c1-21-8-9-25(16-28(21)32-17-26-7-2-3-11-31-26)29(34)33-13-14-35-20-22(19-33)15-24-6-4-5-23-10-12-30-18-27(23)24/h2-12,16,18,22,32H,13-15,17,19-20H2,1H3/t22-/m0/s1. The zero-order valence-corrected chi connectivity index (χ0v) is 20.0. The van der Waals surface area contributed by atoms with Crippen LogP contribution in [0.1, 0.15) is 27.2 Å². The monoisotopic (exact) mass is 466 g/mol. The Morgan fingerprint density at radius 1 is 1.11 bits per heavy atom. The fourth-order valence-corrected chi connectivity index (χ4v) is 4.67. The molecule has 3 heterocycles. The second-order valence-electron chi connectivity index (χ2n) is 9.11. The molecular formula is C29H30N4O2. The Morgan fingerprint density at radius 3 is 2.94 bits per heavy atom. The van der Waals surface area contributed by atoms with Gasteiger partial charge in [-0.15, -0.1) is 0 Å². The summed E-state index contributed by atoms with van der Waals surface area (Å²) in [5.74, 6) is 0.264. The summed E-state index contributed by atoms with van der Waals surface area (Å²) in [6, 6.07) is 20.1. The Balaban J connectivity index is 1.30. The van der Waals surface area contributed by atoms with Crippen molar-refractivity contribution in [1.29, 1.82) is 0 Å². The fourth-order valence-electron chi connectivity index (χ4n) is 4.67. The minimum absolute atomic E-state index is 0.0426.